The van der Waals surface area contributed by atoms with E-state index in [-0.39, 0.29) is 12.1 Å². The van der Waals surface area contributed by atoms with Crippen LogP contribution in [0.3, 0.4) is 0 Å². The van der Waals surface area contributed by atoms with Crippen molar-refractivity contribution in [2.24, 2.45) is 0 Å². The van der Waals surface area contributed by atoms with Gasteiger partial charge in [-0.25, -0.2) is 4.79 Å². The van der Waals surface area contributed by atoms with Crippen LogP contribution in [0.1, 0.15) is 68.3 Å². The number of hydrogen-bond donors (Lipinski definition) is 1. The lowest BCUT2D eigenvalue weighted by molar-refractivity contribution is -0.148. The van der Waals surface area contributed by atoms with Crippen LogP contribution in [0.4, 0.5) is 0 Å². The van der Waals surface area contributed by atoms with Gasteiger partial charge < -0.3 is 9.84 Å². The maximum Gasteiger partial charge on any atom is 0.335 e. The Balaban J connectivity index is 1.71. The Hall–Kier alpha value is -2.62. The highest BCUT2D eigenvalue weighted by molar-refractivity contribution is 5.88. The summed E-state index contributed by atoms with van der Waals surface area (Å²) >= 11 is 0. The number of carboxylic acid groups (broad SMARTS) is 1. The highest BCUT2D eigenvalue weighted by atomic mass is 16.5. The Kier molecular flexibility index (Phi) is 8.73. The van der Waals surface area contributed by atoms with Crippen LogP contribution < -0.4 is 0 Å². The van der Waals surface area contributed by atoms with Crippen molar-refractivity contribution < 1.29 is 19.4 Å². The third-order valence-corrected chi connectivity index (χ3v) is 4.78. The van der Waals surface area contributed by atoms with E-state index in [1.54, 1.807) is 12.1 Å². The van der Waals surface area contributed by atoms with Crippen LogP contribution in [0.5, 0.6) is 0 Å². The summed E-state index contributed by atoms with van der Waals surface area (Å²) in [5.41, 5.74) is 3.70. The van der Waals surface area contributed by atoms with Gasteiger partial charge in [-0.2, -0.15) is 0 Å². The predicted octanol–water partition coefficient (Wildman–Crippen LogP) is 5.89. The summed E-state index contributed by atoms with van der Waals surface area (Å²) in [7, 11) is 0. The zero-order chi connectivity index (χ0) is 20.4. The van der Waals surface area contributed by atoms with Crippen molar-refractivity contribution in [3.05, 3.63) is 59.7 Å². The van der Waals surface area contributed by atoms with Crippen LogP contribution in [-0.2, 0) is 16.0 Å². The van der Waals surface area contributed by atoms with Crippen molar-refractivity contribution in [2.75, 3.05) is 0 Å². The number of carbonyl (C=O) groups excluding carboxylic acids is 1. The van der Waals surface area contributed by atoms with E-state index in [1.165, 1.54) is 5.56 Å². The van der Waals surface area contributed by atoms with E-state index in [0.717, 1.165) is 49.7 Å². The fourth-order valence-electron chi connectivity index (χ4n) is 3.15. The molecule has 0 aliphatic carbocycles. The molecule has 1 N–H and O–H groups in total. The first kappa shape index (κ1) is 21.7. The minimum atomic E-state index is -0.907. The third kappa shape index (κ3) is 7.18. The third-order valence-electron chi connectivity index (χ3n) is 4.78. The Morgan fingerprint density at radius 3 is 2.11 bits per heavy atom. The summed E-state index contributed by atoms with van der Waals surface area (Å²) in [6, 6.07) is 15.4. The molecule has 150 valence electrons. The molecular formula is C24H30O4. The van der Waals surface area contributed by atoms with Gasteiger partial charge in [0.1, 0.15) is 0 Å². The molecule has 0 radical (unpaired) electrons. The van der Waals surface area contributed by atoms with Crippen molar-refractivity contribution in [1.29, 1.82) is 0 Å². The molecular weight excluding hydrogens is 352 g/mol. The van der Waals surface area contributed by atoms with E-state index < -0.39 is 5.97 Å². The molecule has 1 atom stereocenters. The zero-order valence-electron chi connectivity index (χ0n) is 16.8. The fraction of sp³-hybridized carbons (Fsp3) is 0.417. The van der Waals surface area contributed by atoms with Crippen molar-refractivity contribution in [1.82, 2.24) is 0 Å². The molecule has 2 aromatic rings. The zero-order valence-corrected chi connectivity index (χ0v) is 16.8. The summed E-state index contributed by atoms with van der Waals surface area (Å²) in [4.78, 5) is 22.4. The summed E-state index contributed by atoms with van der Waals surface area (Å²) < 4.78 is 5.36. The molecule has 0 bridgehead atoms. The molecule has 0 aliphatic rings. The van der Waals surface area contributed by atoms with Crippen LogP contribution in [-0.4, -0.2) is 23.1 Å². The first-order valence-corrected chi connectivity index (χ1v) is 10.1. The lowest BCUT2D eigenvalue weighted by atomic mass is 10.00. The van der Waals surface area contributed by atoms with Crippen LogP contribution in [0.25, 0.3) is 11.1 Å². The second-order valence-corrected chi connectivity index (χ2v) is 7.23. The molecule has 4 heteroatoms. The fourth-order valence-corrected chi connectivity index (χ4v) is 3.15. The van der Waals surface area contributed by atoms with E-state index in [4.69, 9.17) is 9.84 Å². The summed E-state index contributed by atoms with van der Waals surface area (Å²) in [5.74, 6) is -0.997. The molecule has 0 heterocycles. The molecule has 0 saturated carbocycles. The average Bonchev–Trinajstić information content (AvgIpc) is 2.68. The first-order chi connectivity index (χ1) is 13.5. The molecule has 28 heavy (non-hydrogen) atoms. The largest absolute Gasteiger partial charge is 0.478 e. The number of ether oxygens (including phenoxy) is 1. The second kappa shape index (κ2) is 11.3. The van der Waals surface area contributed by atoms with Gasteiger partial charge in [-0.1, -0.05) is 49.7 Å². The molecule has 0 fully saturated rings. The van der Waals surface area contributed by atoms with Gasteiger partial charge in [0.05, 0.1) is 11.7 Å². The van der Waals surface area contributed by atoms with Crippen LogP contribution in [0.15, 0.2) is 48.5 Å². The normalized spacial score (nSPS) is 11.8. The van der Waals surface area contributed by atoms with E-state index in [2.05, 4.69) is 24.3 Å². The molecule has 0 amide bonds. The van der Waals surface area contributed by atoms with Gasteiger partial charge in [-0.15, -0.1) is 0 Å². The minimum Gasteiger partial charge on any atom is -0.478 e. The number of esters is 1. The highest BCUT2D eigenvalue weighted by Crippen LogP contribution is 2.21. The van der Waals surface area contributed by atoms with E-state index >= 15 is 0 Å². The topological polar surface area (TPSA) is 63.6 Å². The molecule has 2 aromatic carbocycles. The van der Waals surface area contributed by atoms with Gasteiger partial charge in [0.15, 0.2) is 0 Å². The SMILES string of the molecule is CCCC(=O)OC(C)CCCCCc1ccc(-c2ccc(C(=O)O)cc2)cc1. The molecule has 0 aromatic heterocycles. The van der Waals surface area contributed by atoms with Gasteiger partial charge >= 0.3 is 11.9 Å². The Morgan fingerprint density at radius 1 is 0.929 bits per heavy atom. The summed E-state index contributed by atoms with van der Waals surface area (Å²) in [5, 5.41) is 8.97. The van der Waals surface area contributed by atoms with Gasteiger partial charge in [0.2, 0.25) is 0 Å². The first-order valence-electron chi connectivity index (χ1n) is 10.1. The predicted molar refractivity (Wildman–Crippen MR) is 111 cm³/mol. The maximum absolute atomic E-state index is 11.5. The number of benzene rings is 2. The number of aromatic carboxylic acids is 1. The summed E-state index contributed by atoms with van der Waals surface area (Å²) in [6.45, 7) is 3.95. The quantitative estimate of drug-likeness (QED) is 0.389. The van der Waals surface area contributed by atoms with Crippen molar-refractivity contribution >= 4 is 11.9 Å². The molecule has 0 spiro atoms. The van der Waals surface area contributed by atoms with Crippen molar-refractivity contribution in [2.45, 2.75) is 64.9 Å². The monoisotopic (exact) mass is 382 g/mol. The smallest absolute Gasteiger partial charge is 0.335 e. The number of carboxylic acids is 1. The average molecular weight is 382 g/mol. The van der Waals surface area contributed by atoms with E-state index in [0.29, 0.717) is 12.0 Å². The summed E-state index contributed by atoms with van der Waals surface area (Å²) in [6.07, 6.45) is 6.58. The van der Waals surface area contributed by atoms with E-state index in [9.17, 15) is 9.59 Å². The Labute approximate surface area is 167 Å². The van der Waals surface area contributed by atoms with Gasteiger partial charge in [-0.05, 0) is 67.9 Å². The molecule has 0 aliphatic heterocycles. The highest BCUT2D eigenvalue weighted by Gasteiger charge is 2.08. The van der Waals surface area contributed by atoms with Crippen LogP contribution in [0, 0.1) is 0 Å². The Bertz CT molecular complexity index is 747. The minimum absolute atomic E-state index is 0.00542. The molecule has 4 nitrogen and oxygen atoms in total. The van der Waals surface area contributed by atoms with Gasteiger partial charge in [0, 0.05) is 6.42 Å². The second-order valence-electron chi connectivity index (χ2n) is 7.23. The van der Waals surface area contributed by atoms with Crippen LogP contribution >= 0.6 is 0 Å². The molecule has 0 saturated heterocycles. The number of hydrogen-bond acceptors (Lipinski definition) is 3. The lowest BCUT2D eigenvalue weighted by Crippen LogP contribution is -2.14. The van der Waals surface area contributed by atoms with Crippen molar-refractivity contribution in [3.63, 3.8) is 0 Å². The number of aryl methyl sites for hydroxylation is 1. The van der Waals surface area contributed by atoms with E-state index in [1.807, 2.05) is 26.0 Å². The number of carbonyl (C=O) groups is 2. The maximum atomic E-state index is 11.5. The standard InChI is InChI=1S/C24H30O4/c1-3-7-23(25)28-18(2)8-5-4-6-9-19-10-12-20(13-11-19)21-14-16-22(17-15-21)24(26)27/h10-18H,3-9H2,1-2H3,(H,26,27). The van der Waals surface area contributed by atoms with Crippen molar-refractivity contribution in [3.8, 4) is 11.1 Å². The van der Waals surface area contributed by atoms with Gasteiger partial charge in [0.25, 0.3) is 0 Å². The number of unbranched alkanes of at least 4 members (excludes halogenated alkanes) is 2. The van der Waals surface area contributed by atoms with Crippen LogP contribution in [0.2, 0.25) is 0 Å². The Morgan fingerprint density at radius 2 is 1.54 bits per heavy atom. The van der Waals surface area contributed by atoms with Gasteiger partial charge in [-0.3, -0.25) is 4.79 Å². The molecule has 2 rings (SSSR count). The number of rotatable bonds is 11. The lowest BCUT2D eigenvalue weighted by Gasteiger charge is -2.12. The molecule has 1 unspecified atom stereocenters.